The molecule has 1 aromatic carbocycles. The van der Waals surface area contributed by atoms with Crippen molar-refractivity contribution in [3.05, 3.63) is 65.8 Å². The molecule has 0 saturated heterocycles. The summed E-state index contributed by atoms with van der Waals surface area (Å²) in [5.74, 6) is -1.72. The van der Waals surface area contributed by atoms with Gasteiger partial charge in [-0.2, -0.15) is 5.26 Å². The van der Waals surface area contributed by atoms with Crippen molar-refractivity contribution in [1.29, 1.82) is 5.26 Å². The molecule has 2 heterocycles. The largest absolute Gasteiger partial charge is 0.463 e. The molecule has 25 heavy (non-hydrogen) atoms. The summed E-state index contributed by atoms with van der Waals surface area (Å²) in [5.41, 5.74) is 5.44. The van der Waals surface area contributed by atoms with Crippen molar-refractivity contribution in [3.63, 3.8) is 0 Å². The molecule has 0 aromatic heterocycles. The molecule has 3 rings (SSSR count). The van der Waals surface area contributed by atoms with Gasteiger partial charge in [0.25, 0.3) is 0 Å². The lowest BCUT2D eigenvalue weighted by molar-refractivity contribution is -0.139. The quantitative estimate of drug-likeness (QED) is 0.657. The summed E-state index contributed by atoms with van der Waals surface area (Å²) < 4.78 is 9.89. The van der Waals surface area contributed by atoms with Crippen LogP contribution in [0.5, 0.6) is 0 Å². The first-order valence-electron chi connectivity index (χ1n) is 7.43. The Hall–Kier alpha value is -3.53. The summed E-state index contributed by atoms with van der Waals surface area (Å²) in [6.07, 6.45) is 2.88. The smallest absolute Gasteiger partial charge is 0.373 e. The van der Waals surface area contributed by atoms with E-state index in [2.05, 4.69) is 11.3 Å². The van der Waals surface area contributed by atoms with Gasteiger partial charge in [-0.25, -0.2) is 4.79 Å². The van der Waals surface area contributed by atoms with Gasteiger partial charge in [-0.05, 0) is 12.1 Å². The third kappa shape index (κ3) is 2.11. The van der Waals surface area contributed by atoms with Crippen LogP contribution >= 0.6 is 0 Å². The van der Waals surface area contributed by atoms with Gasteiger partial charge in [0.2, 0.25) is 17.5 Å². The van der Waals surface area contributed by atoms with E-state index in [0.29, 0.717) is 11.3 Å². The van der Waals surface area contributed by atoms with Gasteiger partial charge < -0.3 is 20.1 Å². The molecule has 7 heteroatoms. The van der Waals surface area contributed by atoms with E-state index < -0.39 is 17.3 Å². The minimum atomic E-state index is -1.53. The molecule has 7 nitrogen and oxygen atoms in total. The number of nitrogens with zero attached hydrogens (tertiary/aromatic N) is 2. The Labute approximate surface area is 144 Å². The van der Waals surface area contributed by atoms with Crippen LogP contribution in [-0.4, -0.2) is 25.5 Å². The molecule has 1 amide bonds. The summed E-state index contributed by atoms with van der Waals surface area (Å²) in [7, 11) is 1.19. The molecule has 1 aromatic rings. The molecule has 2 aliphatic heterocycles. The molecule has 0 radical (unpaired) electrons. The minimum Gasteiger partial charge on any atom is -0.463 e. The Morgan fingerprint density at radius 1 is 1.52 bits per heavy atom. The first kappa shape index (κ1) is 16.3. The molecule has 2 N–H and O–H groups in total. The Balaban J connectivity index is 2.34. The van der Waals surface area contributed by atoms with Crippen molar-refractivity contribution >= 4 is 17.6 Å². The van der Waals surface area contributed by atoms with E-state index in [1.54, 1.807) is 30.3 Å². The SMILES string of the molecule is C=CCN1C(=O)[C@]2(C=C(C(=O)OC)OC(N)=C2C#N)c2ccccc21. The topological polar surface area (TPSA) is 106 Å². The lowest BCUT2D eigenvalue weighted by atomic mass is 9.74. The van der Waals surface area contributed by atoms with E-state index in [1.807, 2.05) is 6.07 Å². The van der Waals surface area contributed by atoms with Crippen LogP contribution in [0.3, 0.4) is 0 Å². The van der Waals surface area contributed by atoms with Crippen LogP contribution in [0, 0.1) is 11.3 Å². The number of ether oxygens (including phenoxy) is 2. The van der Waals surface area contributed by atoms with E-state index in [4.69, 9.17) is 10.5 Å². The van der Waals surface area contributed by atoms with Gasteiger partial charge in [-0.1, -0.05) is 24.3 Å². The third-order valence-corrected chi connectivity index (χ3v) is 4.22. The molecular formula is C18H15N3O4. The number of rotatable bonds is 3. The van der Waals surface area contributed by atoms with Gasteiger partial charge in [-0.3, -0.25) is 4.79 Å². The highest BCUT2D eigenvalue weighted by atomic mass is 16.6. The summed E-state index contributed by atoms with van der Waals surface area (Å²) in [4.78, 5) is 26.7. The normalized spacial score (nSPS) is 21.4. The fourth-order valence-electron chi connectivity index (χ4n) is 3.18. The van der Waals surface area contributed by atoms with Crippen molar-refractivity contribution in [2.24, 2.45) is 5.73 Å². The summed E-state index contributed by atoms with van der Waals surface area (Å²) >= 11 is 0. The zero-order valence-electron chi connectivity index (χ0n) is 13.5. The Morgan fingerprint density at radius 3 is 2.88 bits per heavy atom. The number of nitriles is 1. The van der Waals surface area contributed by atoms with Gasteiger partial charge in [0.1, 0.15) is 17.1 Å². The van der Waals surface area contributed by atoms with Crippen molar-refractivity contribution in [2.45, 2.75) is 5.41 Å². The van der Waals surface area contributed by atoms with Crippen LogP contribution < -0.4 is 10.6 Å². The third-order valence-electron chi connectivity index (χ3n) is 4.22. The number of nitrogens with two attached hydrogens (primary N) is 1. The van der Waals surface area contributed by atoms with E-state index in [0.717, 1.165) is 0 Å². The zero-order valence-corrected chi connectivity index (χ0v) is 13.5. The maximum atomic E-state index is 13.3. The van der Waals surface area contributed by atoms with Gasteiger partial charge in [-0.15, -0.1) is 6.58 Å². The van der Waals surface area contributed by atoms with E-state index >= 15 is 0 Å². The molecule has 1 atom stereocenters. The molecule has 0 saturated carbocycles. The van der Waals surface area contributed by atoms with Crippen LogP contribution in [0.4, 0.5) is 5.69 Å². The fourth-order valence-corrected chi connectivity index (χ4v) is 3.18. The van der Waals surface area contributed by atoms with Gasteiger partial charge >= 0.3 is 5.97 Å². The lowest BCUT2D eigenvalue weighted by Gasteiger charge is -2.29. The van der Waals surface area contributed by atoms with Crippen LogP contribution in [0.25, 0.3) is 0 Å². The Bertz CT molecular complexity index is 894. The number of methoxy groups -OCH3 is 1. The number of benzene rings is 1. The number of carbonyl (C=O) groups excluding carboxylic acids is 2. The predicted octanol–water partition coefficient (Wildman–Crippen LogP) is 1.24. The number of para-hydroxylation sites is 1. The molecule has 126 valence electrons. The van der Waals surface area contributed by atoms with E-state index in [9.17, 15) is 14.9 Å². The number of fused-ring (bicyclic) bond motifs is 2. The minimum absolute atomic E-state index is 0.0656. The molecule has 2 aliphatic rings. The fraction of sp³-hybridized carbons (Fsp3) is 0.167. The van der Waals surface area contributed by atoms with Crippen molar-refractivity contribution < 1.29 is 19.1 Å². The average Bonchev–Trinajstić information content (AvgIpc) is 2.84. The molecular weight excluding hydrogens is 322 g/mol. The second-order valence-electron chi connectivity index (χ2n) is 5.48. The maximum absolute atomic E-state index is 13.3. The highest BCUT2D eigenvalue weighted by Crippen LogP contribution is 2.50. The second-order valence-corrected chi connectivity index (χ2v) is 5.48. The van der Waals surface area contributed by atoms with Crippen LogP contribution in [-0.2, 0) is 24.5 Å². The number of hydrogen-bond donors (Lipinski definition) is 1. The molecule has 0 unspecified atom stereocenters. The first-order valence-corrected chi connectivity index (χ1v) is 7.43. The molecule has 0 fully saturated rings. The number of hydrogen-bond acceptors (Lipinski definition) is 6. The van der Waals surface area contributed by atoms with Crippen LogP contribution in [0.15, 0.2) is 60.2 Å². The molecule has 1 spiro atoms. The summed E-state index contributed by atoms with van der Waals surface area (Å²) in [6, 6.07) is 8.97. The van der Waals surface area contributed by atoms with Crippen LogP contribution in [0.1, 0.15) is 5.56 Å². The molecule has 0 aliphatic carbocycles. The summed E-state index contributed by atoms with van der Waals surface area (Å²) in [5, 5.41) is 9.62. The monoisotopic (exact) mass is 337 g/mol. The van der Waals surface area contributed by atoms with E-state index in [1.165, 1.54) is 18.1 Å². The van der Waals surface area contributed by atoms with Gasteiger partial charge in [0, 0.05) is 17.8 Å². The van der Waals surface area contributed by atoms with Crippen LogP contribution in [0.2, 0.25) is 0 Å². The maximum Gasteiger partial charge on any atom is 0.373 e. The zero-order chi connectivity index (χ0) is 18.2. The standard InChI is InChI=1S/C18H15N3O4/c1-3-8-21-13-7-5-4-6-11(13)18(17(21)23)9-14(16(22)24-2)25-15(20)12(18)10-19/h3-7,9H,1,8,20H2,2H3/t18-/m1/s1. The molecule has 0 bridgehead atoms. The predicted molar refractivity (Wildman–Crippen MR) is 88.7 cm³/mol. The summed E-state index contributed by atoms with van der Waals surface area (Å²) in [6.45, 7) is 3.91. The number of amides is 1. The Kier molecular flexibility index (Phi) is 3.81. The highest BCUT2D eigenvalue weighted by molar-refractivity contribution is 6.13. The second kappa shape index (κ2) is 5.83. The van der Waals surface area contributed by atoms with Crippen molar-refractivity contribution in [1.82, 2.24) is 0 Å². The number of esters is 1. The van der Waals surface area contributed by atoms with Gasteiger partial charge in [0.05, 0.1) is 7.11 Å². The van der Waals surface area contributed by atoms with Crippen molar-refractivity contribution in [2.75, 3.05) is 18.6 Å². The van der Waals surface area contributed by atoms with Gasteiger partial charge in [0.15, 0.2) is 0 Å². The average molecular weight is 337 g/mol. The number of carbonyl (C=O) groups is 2. The highest BCUT2D eigenvalue weighted by Gasteiger charge is 2.56. The first-order chi connectivity index (χ1) is 12.0. The lowest BCUT2D eigenvalue weighted by Crippen LogP contribution is -2.44. The van der Waals surface area contributed by atoms with E-state index in [-0.39, 0.29) is 23.8 Å². The van der Waals surface area contributed by atoms with Crippen molar-refractivity contribution in [3.8, 4) is 6.07 Å². The number of anilines is 1. The Morgan fingerprint density at radius 2 is 2.24 bits per heavy atom.